The van der Waals surface area contributed by atoms with Gasteiger partial charge in [0.2, 0.25) is 5.91 Å². The van der Waals surface area contributed by atoms with Crippen molar-refractivity contribution in [1.29, 1.82) is 5.26 Å². The number of pyridine rings is 1. The Morgan fingerprint density at radius 2 is 2.38 bits per heavy atom. The second-order valence-corrected chi connectivity index (χ2v) is 3.26. The van der Waals surface area contributed by atoms with Crippen molar-refractivity contribution < 1.29 is 4.79 Å². The molecule has 0 radical (unpaired) electrons. The molecular weight excluding hydrogens is 204 g/mol. The van der Waals surface area contributed by atoms with Gasteiger partial charge in [0.15, 0.2) is 0 Å². The first-order valence-electron chi connectivity index (χ1n) is 5.06. The Balaban J connectivity index is 2.78. The van der Waals surface area contributed by atoms with Gasteiger partial charge >= 0.3 is 0 Å². The van der Waals surface area contributed by atoms with Crippen molar-refractivity contribution in [3.8, 4) is 6.07 Å². The maximum absolute atomic E-state index is 10.8. The molecule has 1 aromatic rings. The van der Waals surface area contributed by atoms with Crippen LogP contribution in [0.25, 0.3) is 0 Å². The zero-order chi connectivity index (χ0) is 12.0. The average Bonchev–Trinajstić information content (AvgIpc) is 2.30. The van der Waals surface area contributed by atoms with Crippen molar-refractivity contribution in [2.75, 3.05) is 18.0 Å². The molecule has 1 amide bonds. The highest BCUT2D eigenvalue weighted by atomic mass is 16.1. The Labute approximate surface area is 94.5 Å². The molecule has 1 rings (SSSR count). The van der Waals surface area contributed by atoms with Crippen LogP contribution in [0.1, 0.15) is 23.7 Å². The fourth-order valence-corrected chi connectivity index (χ4v) is 1.34. The molecule has 5 heteroatoms. The van der Waals surface area contributed by atoms with E-state index in [1.165, 1.54) is 6.20 Å². The van der Waals surface area contributed by atoms with Crippen LogP contribution in [0, 0.1) is 11.3 Å². The van der Waals surface area contributed by atoms with Gasteiger partial charge in [-0.1, -0.05) is 0 Å². The normalized spacial score (nSPS) is 9.50. The van der Waals surface area contributed by atoms with Crippen LogP contribution in [-0.2, 0) is 0 Å². The Hall–Kier alpha value is -2.09. The quantitative estimate of drug-likeness (QED) is 0.796. The van der Waals surface area contributed by atoms with E-state index in [4.69, 9.17) is 11.0 Å². The summed E-state index contributed by atoms with van der Waals surface area (Å²) < 4.78 is 0. The minimum atomic E-state index is -0.487. The molecule has 5 nitrogen and oxygen atoms in total. The van der Waals surface area contributed by atoms with E-state index >= 15 is 0 Å². The number of amides is 1. The molecule has 0 aliphatic heterocycles. The van der Waals surface area contributed by atoms with E-state index in [0.717, 1.165) is 12.4 Å². The molecule has 1 aromatic heterocycles. The topological polar surface area (TPSA) is 83.0 Å². The van der Waals surface area contributed by atoms with E-state index in [0.29, 0.717) is 18.5 Å². The third kappa shape index (κ3) is 2.95. The second-order valence-electron chi connectivity index (χ2n) is 3.26. The van der Waals surface area contributed by atoms with E-state index in [9.17, 15) is 4.79 Å². The lowest BCUT2D eigenvalue weighted by molar-refractivity contribution is 0.1000. The first-order valence-corrected chi connectivity index (χ1v) is 5.06. The van der Waals surface area contributed by atoms with Crippen LogP contribution in [-0.4, -0.2) is 24.0 Å². The van der Waals surface area contributed by atoms with Crippen molar-refractivity contribution in [3.05, 3.63) is 23.9 Å². The van der Waals surface area contributed by atoms with Gasteiger partial charge in [0.05, 0.1) is 18.1 Å². The highest BCUT2D eigenvalue weighted by molar-refractivity contribution is 5.92. The largest absolute Gasteiger partial charge is 0.366 e. The summed E-state index contributed by atoms with van der Waals surface area (Å²) in [5.41, 5.74) is 5.51. The Kier molecular flexibility index (Phi) is 4.28. The van der Waals surface area contributed by atoms with Crippen LogP contribution in [0.5, 0.6) is 0 Å². The number of hydrogen-bond acceptors (Lipinski definition) is 4. The van der Waals surface area contributed by atoms with Crippen molar-refractivity contribution >= 4 is 11.7 Å². The highest BCUT2D eigenvalue weighted by Gasteiger charge is 2.06. The summed E-state index contributed by atoms with van der Waals surface area (Å²) in [5.74, 6) is 0.266. The molecule has 0 saturated carbocycles. The monoisotopic (exact) mass is 218 g/mol. The molecule has 0 atom stereocenters. The van der Waals surface area contributed by atoms with Crippen molar-refractivity contribution in [1.82, 2.24) is 4.98 Å². The summed E-state index contributed by atoms with van der Waals surface area (Å²) in [4.78, 5) is 17.0. The first-order chi connectivity index (χ1) is 7.69. The molecule has 1 heterocycles. The fourth-order valence-electron chi connectivity index (χ4n) is 1.34. The molecule has 2 N–H and O–H groups in total. The molecule has 84 valence electrons. The zero-order valence-electron chi connectivity index (χ0n) is 9.18. The first kappa shape index (κ1) is 12.0. The number of nitrogens with zero attached hydrogens (tertiary/aromatic N) is 3. The third-order valence-corrected chi connectivity index (χ3v) is 2.23. The summed E-state index contributed by atoms with van der Waals surface area (Å²) in [6.07, 6.45) is 1.90. The highest BCUT2D eigenvalue weighted by Crippen LogP contribution is 2.11. The fraction of sp³-hybridized carbons (Fsp3) is 0.364. The summed E-state index contributed by atoms with van der Waals surface area (Å²) in [6.45, 7) is 3.39. The van der Waals surface area contributed by atoms with Gasteiger partial charge in [0, 0.05) is 19.3 Å². The minimum Gasteiger partial charge on any atom is -0.366 e. The van der Waals surface area contributed by atoms with Crippen LogP contribution < -0.4 is 10.6 Å². The standard InChI is InChI=1S/C11H14N4O/c1-2-15(7-3-6-12)10-5-4-9(8-14-10)11(13)16/h4-5,8H,2-3,7H2,1H3,(H2,13,16). The summed E-state index contributed by atoms with van der Waals surface area (Å²) in [7, 11) is 0. The van der Waals surface area contributed by atoms with E-state index in [1.807, 2.05) is 11.8 Å². The predicted molar refractivity (Wildman–Crippen MR) is 60.9 cm³/mol. The van der Waals surface area contributed by atoms with Gasteiger partial charge in [0.1, 0.15) is 5.82 Å². The molecule has 0 aliphatic carbocycles. The van der Waals surface area contributed by atoms with Crippen molar-refractivity contribution in [3.63, 3.8) is 0 Å². The summed E-state index contributed by atoms with van der Waals surface area (Å²) >= 11 is 0. The molecule has 0 saturated heterocycles. The summed E-state index contributed by atoms with van der Waals surface area (Å²) in [6, 6.07) is 5.46. The van der Waals surface area contributed by atoms with Crippen LogP contribution in [0.15, 0.2) is 18.3 Å². The smallest absolute Gasteiger partial charge is 0.250 e. The third-order valence-electron chi connectivity index (χ3n) is 2.23. The van der Waals surface area contributed by atoms with Crippen LogP contribution >= 0.6 is 0 Å². The number of rotatable bonds is 5. The maximum atomic E-state index is 10.8. The van der Waals surface area contributed by atoms with Gasteiger partial charge < -0.3 is 10.6 Å². The minimum absolute atomic E-state index is 0.389. The SMILES string of the molecule is CCN(CCC#N)c1ccc(C(N)=O)cn1. The molecule has 0 fully saturated rings. The Morgan fingerprint density at radius 3 is 2.81 bits per heavy atom. The predicted octanol–water partition coefficient (Wildman–Crippen LogP) is 0.920. The van der Waals surface area contributed by atoms with Gasteiger partial charge in [-0.15, -0.1) is 0 Å². The van der Waals surface area contributed by atoms with Gasteiger partial charge in [-0.05, 0) is 19.1 Å². The van der Waals surface area contributed by atoms with Crippen LogP contribution in [0.2, 0.25) is 0 Å². The molecule has 0 bridgehead atoms. The number of hydrogen-bond donors (Lipinski definition) is 1. The number of anilines is 1. The number of carbonyl (C=O) groups excluding carboxylic acids is 1. The molecular formula is C11H14N4O. The van der Waals surface area contributed by atoms with Gasteiger partial charge in [0.25, 0.3) is 0 Å². The van der Waals surface area contributed by atoms with Crippen molar-refractivity contribution in [2.24, 2.45) is 5.73 Å². The van der Waals surface area contributed by atoms with Crippen LogP contribution in [0.3, 0.4) is 0 Å². The lowest BCUT2D eigenvalue weighted by Gasteiger charge is -2.20. The number of aromatic nitrogens is 1. The molecule has 0 spiro atoms. The van der Waals surface area contributed by atoms with Crippen LogP contribution in [0.4, 0.5) is 5.82 Å². The second kappa shape index (κ2) is 5.71. The number of nitriles is 1. The molecule has 16 heavy (non-hydrogen) atoms. The Morgan fingerprint density at radius 1 is 1.62 bits per heavy atom. The number of nitrogens with two attached hydrogens (primary N) is 1. The maximum Gasteiger partial charge on any atom is 0.250 e. The Bertz CT molecular complexity index is 393. The number of primary amides is 1. The summed E-state index contributed by atoms with van der Waals surface area (Å²) in [5, 5.41) is 8.52. The van der Waals surface area contributed by atoms with Gasteiger partial charge in [-0.25, -0.2) is 4.98 Å². The number of carbonyl (C=O) groups is 1. The molecule has 0 aliphatic rings. The van der Waals surface area contributed by atoms with Gasteiger partial charge in [-0.3, -0.25) is 4.79 Å². The van der Waals surface area contributed by atoms with Crippen molar-refractivity contribution in [2.45, 2.75) is 13.3 Å². The van der Waals surface area contributed by atoms with E-state index in [1.54, 1.807) is 12.1 Å². The van der Waals surface area contributed by atoms with Gasteiger partial charge in [-0.2, -0.15) is 5.26 Å². The molecule has 0 aromatic carbocycles. The molecule has 0 unspecified atom stereocenters. The van der Waals surface area contributed by atoms with E-state index in [2.05, 4.69) is 11.1 Å². The lowest BCUT2D eigenvalue weighted by Crippen LogP contribution is -2.24. The average molecular weight is 218 g/mol. The van der Waals surface area contributed by atoms with E-state index in [-0.39, 0.29) is 0 Å². The zero-order valence-corrected chi connectivity index (χ0v) is 9.18. The van der Waals surface area contributed by atoms with E-state index < -0.39 is 5.91 Å². The lowest BCUT2D eigenvalue weighted by atomic mass is 10.2.